The third-order valence-corrected chi connectivity index (χ3v) is 2.50. The van der Waals surface area contributed by atoms with Crippen molar-refractivity contribution >= 4 is 41.5 Å². The Morgan fingerprint density at radius 2 is 1.35 bits per heavy atom. The van der Waals surface area contributed by atoms with Crippen molar-refractivity contribution in [1.82, 2.24) is 0 Å². The van der Waals surface area contributed by atoms with E-state index in [1.807, 2.05) is 6.07 Å². The van der Waals surface area contributed by atoms with Gasteiger partial charge in [-0.3, -0.25) is 0 Å². The van der Waals surface area contributed by atoms with Crippen LogP contribution < -0.4 is 4.74 Å². The van der Waals surface area contributed by atoms with Crippen LogP contribution in [0.5, 0.6) is 5.75 Å². The van der Waals surface area contributed by atoms with E-state index < -0.39 is 11.9 Å². The summed E-state index contributed by atoms with van der Waals surface area (Å²) in [5.41, 5.74) is 0.876. The molecule has 0 atom stereocenters. The Hall–Kier alpha value is -1.62. The Balaban J connectivity index is 0.00000200. The maximum atomic E-state index is 11.8. The number of hydrogen-bond donors (Lipinski definition) is 0. The third-order valence-electron chi connectivity index (χ3n) is 2.50. The second-order valence-electron chi connectivity index (χ2n) is 3.77. The van der Waals surface area contributed by atoms with E-state index >= 15 is 0 Å². The molecule has 98 valence electrons. The molecule has 0 bridgehead atoms. The van der Waals surface area contributed by atoms with Gasteiger partial charge in [0.25, 0.3) is 0 Å². The number of esters is 2. The molecular formula is C15H13NaO4. The van der Waals surface area contributed by atoms with Crippen LogP contribution >= 0.6 is 0 Å². The van der Waals surface area contributed by atoms with Crippen molar-refractivity contribution in [3.05, 3.63) is 65.7 Å². The summed E-state index contributed by atoms with van der Waals surface area (Å²) >= 11 is 0. The molecule has 5 heteroatoms. The fraction of sp³-hybridized carbons (Fsp3) is 0.0667. The van der Waals surface area contributed by atoms with Crippen LogP contribution in [0.3, 0.4) is 0 Å². The molecule has 0 aromatic heterocycles. The summed E-state index contributed by atoms with van der Waals surface area (Å²) in [6.45, 7) is 0. The van der Waals surface area contributed by atoms with Crippen LogP contribution in [0.15, 0.2) is 54.6 Å². The molecular weight excluding hydrogens is 267 g/mol. The summed E-state index contributed by atoms with van der Waals surface area (Å²) in [5.74, 6) is -0.492. The average molecular weight is 280 g/mol. The molecule has 0 fully saturated rings. The van der Waals surface area contributed by atoms with Crippen molar-refractivity contribution in [3.8, 4) is 5.75 Å². The second kappa shape index (κ2) is 7.85. The molecule has 0 N–H and O–H groups in total. The predicted octanol–water partition coefficient (Wildman–Crippen LogP) is 2.04. The Morgan fingerprint density at radius 1 is 0.800 bits per heavy atom. The van der Waals surface area contributed by atoms with Gasteiger partial charge in [0.2, 0.25) is 0 Å². The van der Waals surface area contributed by atoms with Crippen LogP contribution in [-0.2, 0) is 4.74 Å². The van der Waals surface area contributed by atoms with E-state index in [2.05, 4.69) is 4.74 Å². The van der Waals surface area contributed by atoms with Crippen LogP contribution in [0.25, 0.3) is 0 Å². The summed E-state index contributed by atoms with van der Waals surface area (Å²) < 4.78 is 9.76. The molecule has 0 spiro atoms. The van der Waals surface area contributed by atoms with Gasteiger partial charge in [-0.25, -0.2) is 9.59 Å². The zero-order chi connectivity index (χ0) is 13.7. The van der Waals surface area contributed by atoms with Crippen LogP contribution in [-0.4, -0.2) is 48.6 Å². The molecule has 0 unspecified atom stereocenters. The van der Waals surface area contributed by atoms with Crippen LogP contribution in [0.1, 0.15) is 20.7 Å². The average Bonchev–Trinajstić information content (AvgIpc) is 2.48. The zero-order valence-corrected chi connectivity index (χ0v) is 10.3. The van der Waals surface area contributed by atoms with Gasteiger partial charge in [0.05, 0.1) is 18.2 Å². The molecule has 0 amide bonds. The van der Waals surface area contributed by atoms with Gasteiger partial charge >= 0.3 is 41.5 Å². The quantitative estimate of drug-likeness (QED) is 0.490. The van der Waals surface area contributed by atoms with Gasteiger partial charge in [0.15, 0.2) is 0 Å². The first-order valence-corrected chi connectivity index (χ1v) is 5.66. The molecule has 0 aliphatic rings. The van der Waals surface area contributed by atoms with Gasteiger partial charge in [-0.15, -0.1) is 0 Å². The first kappa shape index (κ1) is 16.4. The van der Waals surface area contributed by atoms with E-state index in [0.29, 0.717) is 16.9 Å². The van der Waals surface area contributed by atoms with E-state index in [-0.39, 0.29) is 29.6 Å². The molecule has 0 aliphatic carbocycles. The Morgan fingerprint density at radius 3 is 1.90 bits per heavy atom. The Labute approximate surface area is 139 Å². The molecule has 0 radical (unpaired) electrons. The molecule has 0 saturated heterocycles. The third kappa shape index (κ3) is 4.20. The van der Waals surface area contributed by atoms with Crippen molar-refractivity contribution in [2.24, 2.45) is 0 Å². The van der Waals surface area contributed by atoms with Crippen molar-refractivity contribution < 1.29 is 19.1 Å². The van der Waals surface area contributed by atoms with Crippen LogP contribution in [0, 0.1) is 0 Å². The van der Waals surface area contributed by atoms with Gasteiger partial charge in [-0.1, -0.05) is 18.2 Å². The molecule has 20 heavy (non-hydrogen) atoms. The monoisotopic (exact) mass is 280 g/mol. The second-order valence-corrected chi connectivity index (χ2v) is 3.77. The van der Waals surface area contributed by atoms with Crippen molar-refractivity contribution in [2.45, 2.75) is 0 Å². The number of ether oxygens (including phenoxy) is 2. The van der Waals surface area contributed by atoms with Crippen molar-refractivity contribution in [2.75, 3.05) is 7.11 Å². The summed E-state index contributed by atoms with van der Waals surface area (Å²) in [5, 5.41) is 0. The Bertz CT molecular complexity index is 579. The normalized spacial score (nSPS) is 9.25. The van der Waals surface area contributed by atoms with Crippen molar-refractivity contribution in [1.29, 1.82) is 0 Å². The number of hydrogen-bond acceptors (Lipinski definition) is 4. The van der Waals surface area contributed by atoms with Gasteiger partial charge < -0.3 is 9.47 Å². The minimum absolute atomic E-state index is 0. The minimum atomic E-state index is -0.439. The number of rotatable bonds is 3. The van der Waals surface area contributed by atoms with E-state index in [1.165, 1.54) is 7.11 Å². The number of carbonyl (C=O) groups excluding carboxylic acids is 2. The standard InChI is InChI=1S/C15H12O4.Na.H/c1-18-14(16)12-7-9-13(10-8-12)19-15(17)11-5-3-2-4-6-11;;/h2-10H,1H3;;. The molecule has 2 rings (SSSR count). The maximum absolute atomic E-state index is 11.8. The first-order chi connectivity index (χ1) is 9.20. The summed E-state index contributed by atoms with van der Waals surface area (Å²) in [6.07, 6.45) is 0. The summed E-state index contributed by atoms with van der Waals surface area (Å²) in [6, 6.07) is 14.9. The van der Waals surface area contributed by atoms with Crippen LogP contribution in [0.4, 0.5) is 0 Å². The Kier molecular flexibility index (Phi) is 6.45. The molecule has 0 heterocycles. The number of benzene rings is 2. The molecule has 2 aromatic carbocycles. The fourth-order valence-corrected chi connectivity index (χ4v) is 1.52. The number of methoxy groups -OCH3 is 1. The van der Waals surface area contributed by atoms with E-state index in [0.717, 1.165) is 0 Å². The van der Waals surface area contributed by atoms with E-state index in [9.17, 15) is 9.59 Å². The molecule has 0 aliphatic heterocycles. The molecule has 2 aromatic rings. The molecule has 0 saturated carbocycles. The van der Waals surface area contributed by atoms with Gasteiger partial charge in [-0.05, 0) is 36.4 Å². The SMILES string of the molecule is COC(=O)c1ccc(OC(=O)c2ccccc2)cc1.[NaH]. The van der Waals surface area contributed by atoms with Gasteiger partial charge in [0, 0.05) is 0 Å². The summed E-state index contributed by atoms with van der Waals surface area (Å²) in [7, 11) is 1.31. The van der Waals surface area contributed by atoms with Gasteiger partial charge in [-0.2, -0.15) is 0 Å². The predicted molar refractivity (Wildman–Crippen MR) is 76.3 cm³/mol. The van der Waals surface area contributed by atoms with Gasteiger partial charge in [0.1, 0.15) is 5.75 Å². The van der Waals surface area contributed by atoms with E-state index in [1.54, 1.807) is 48.5 Å². The van der Waals surface area contributed by atoms with Crippen LogP contribution in [0.2, 0.25) is 0 Å². The number of carbonyl (C=O) groups is 2. The summed E-state index contributed by atoms with van der Waals surface area (Å²) in [4.78, 5) is 23.0. The zero-order valence-electron chi connectivity index (χ0n) is 10.3. The fourth-order valence-electron chi connectivity index (χ4n) is 1.52. The first-order valence-electron chi connectivity index (χ1n) is 5.66. The molecule has 4 nitrogen and oxygen atoms in total. The van der Waals surface area contributed by atoms with E-state index in [4.69, 9.17) is 4.74 Å². The van der Waals surface area contributed by atoms with Crippen molar-refractivity contribution in [3.63, 3.8) is 0 Å². The topological polar surface area (TPSA) is 52.6 Å².